The molecule has 0 fully saturated rings. The third-order valence-electron chi connectivity index (χ3n) is 3.24. The standard InChI is InChI=1S/C16H12N2O4/c1-10(19)17-13-9-5-8-12-14(11-6-3-2-4-7-11)16(18(20)21)22-15(12)13/h2-9H,1H3,(H,17,19). The lowest BCUT2D eigenvalue weighted by Gasteiger charge is -2.02. The molecule has 0 unspecified atom stereocenters. The Morgan fingerprint density at radius 3 is 2.50 bits per heavy atom. The van der Waals surface area contributed by atoms with Gasteiger partial charge in [-0.1, -0.05) is 42.5 Å². The fourth-order valence-corrected chi connectivity index (χ4v) is 2.41. The smallest absolute Gasteiger partial charge is 0.398 e. The van der Waals surface area contributed by atoms with Crippen molar-refractivity contribution < 1.29 is 14.1 Å². The van der Waals surface area contributed by atoms with E-state index in [2.05, 4.69) is 5.32 Å². The number of para-hydroxylation sites is 1. The lowest BCUT2D eigenvalue weighted by Crippen LogP contribution is -2.05. The number of amides is 1. The van der Waals surface area contributed by atoms with Crippen LogP contribution in [0.15, 0.2) is 52.9 Å². The van der Waals surface area contributed by atoms with Crippen molar-refractivity contribution in [1.29, 1.82) is 0 Å². The third kappa shape index (κ3) is 2.31. The van der Waals surface area contributed by atoms with Gasteiger partial charge in [0, 0.05) is 12.3 Å². The fraction of sp³-hybridized carbons (Fsp3) is 0.0625. The van der Waals surface area contributed by atoms with Crippen LogP contribution in [-0.2, 0) is 4.79 Å². The third-order valence-corrected chi connectivity index (χ3v) is 3.24. The molecule has 1 N–H and O–H groups in total. The Balaban J connectivity index is 2.33. The first-order valence-corrected chi connectivity index (χ1v) is 6.61. The molecule has 6 nitrogen and oxygen atoms in total. The van der Waals surface area contributed by atoms with Crippen LogP contribution < -0.4 is 5.32 Å². The minimum Gasteiger partial charge on any atom is -0.398 e. The maximum atomic E-state index is 11.3. The molecule has 6 heteroatoms. The number of rotatable bonds is 3. The second kappa shape index (κ2) is 5.33. The molecule has 22 heavy (non-hydrogen) atoms. The molecule has 2 aromatic carbocycles. The number of anilines is 1. The van der Waals surface area contributed by atoms with Crippen molar-refractivity contribution in [2.45, 2.75) is 6.92 Å². The summed E-state index contributed by atoms with van der Waals surface area (Å²) in [6, 6.07) is 14.1. The molecule has 0 bridgehead atoms. The Hall–Kier alpha value is -3.15. The predicted octanol–water partition coefficient (Wildman–Crippen LogP) is 3.97. The van der Waals surface area contributed by atoms with Crippen molar-refractivity contribution in [3.05, 3.63) is 58.6 Å². The van der Waals surface area contributed by atoms with E-state index in [4.69, 9.17) is 4.42 Å². The lowest BCUT2D eigenvalue weighted by molar-refractivity contribution is -0.400. The number of fused-ring (bicyclic) bond motifs is 1. The van der Waals surface area contributed by atoms with Crippen LogP contribution >= 0.6 is 0 Å². The Kier molecular flexibility index (Phi) is 3.34. The van der Waals surface area contributed by atoms with E-state index in [9.17, 15) is 14.9 Å². The monoisotopic (exact) mass is 296 g/mol. The van der Waals surface area contributed by atoms with Crippen LogP contribution in [-0.4, -0.2) is 10.8 Å². The number of nitrogens with zero attached hydrogens (tertiary/aromatic N) is 1. The summed E-state index contributed by atoms with van der Waals surface area (Å²) in [6.07, 6.45) is 0. The molecule has 0 atom stereocenters. The maximum absolute atomic E-state index is 11.3. The highest BCUT2D eigenvalue weighted by Gasteiger charge is 2.26. The summed E-state index contributed by atoms with van der Waals surface area (Å²) in [6.45, 7) is 1.37. The van der Waals surface area contributed by atoms with Gasteiger partial charge in [-0.15, -0.1) is 0 Å². The van der Waals surface area contributed by atoms with Crippen molar-refractivity contribution in [3.8, 4) is 11.1 Å². The number of carbonyl (C=O) groups is 1. The second-order valence-electron chi connectivity index (χ2n) is 4.77. The molecule has 0 aliphatic heterocycles. The maximum Gasteiger partial charge on any atom is 0.442 e. The van der Waals surface area contributed by atoms with Crippen LogP contribution in [0.4, 0.5) is 11.6 Å². The van der Waals surface area contributed by atoms with Crippen molar-refractivity contribution in [3.63, 3.8) is 0 Å². The highest BCUT2D eigenvalue weighted by Crippen LogP contribution is 2.42. The summed E-state index contributed by atoms with van der Waals surface area (Å²) in [5, 5.41) is 14.5. The number of nitrogens with one attached hydrogen (secondary N) is 1. The molecular formula is C16H12N2O4. The van der Waals surface area contributed by atoms with E-state index in [0.29, 0.717) is 27.8 Å². The summed E-state index contributed by atoms with van der Waals surface area (Å²) in [5.74, 6) is -0.605. The molecule has 110 valence electrons. The number of nitro groups is 1. The topological polar surface area (TPSA) is 85.4 Å². The average Bonchev–Trinajstić information content (AvgIpc) is 2.88. The Bertz CT molecular complexity index is 868. The zero-order chi connectivity index (χ0) is 15.7. The summed E-state index contributed by atoms with van der Waals surface area (Å²) in [7, 11) is 0. The Morgan fingerprint density at radius 1 is 1.14 bits per heavy atom. The number of carbonyl (C=O) groups excluding carboxylic acids is 1. The first-order chi connectivity index (χ1) is 10.6. The second-order valence-corrected chi connectivity index (χ2v) is 4.77. The van der Waals surface area contributed by atoms with Crippen molar-refractivity contribution in [2.75, 3.05) is 5.32 Å². The lowest BCUT2D eigenvalue weighted by atomic mass is 10.0. The molecular weight excluding hydrogens is 284 g/mol. The minimum absolute atomic E-state index is 0.271. The summed E-state index contributed by atoms with van der Waals surface area (Å²) in [4.78, 5) is 22.0. The summed E-state index contributed by atoms with van der Waals surface area (Å²) < 4.78 is 5.43. The summed E-state index contributed by atoms with van der Waals surface area (Å²) in [5.41, 5.74) is 1.80. The predicted molar refractivity (Wildman–Crippen MR) is 82.6 cm³/mol. The molecule has 0 radical (unpaired) electrons. The van der Waals surface area contributed by atoms with Gasteiger partial charge in [0.05, 0.1) is 5.69 Å². The van der Waals surface area contributed by atoms with E-state index >= 15 is 0 Å². The van der Waals surface area contributed by atoms with Gasteiger partial charge in [-0.3, -0.25) is 14.9 Å². The molecule has 0 aliphatic rings. The van der Waals surface area contributed by atoms with E-state index in [1.807, 2.05) is 6.07 Å². The van der Waals surface area contributed by atoms with Gasteiger partial charge in [-0.05, 0) is 11.6 Å². The first-order valence-electron chi connectivity index (χ1n) is 6.61. The van der Waals surface area contributed by atoms with Gasteiger partial charge in [0.15, 0.2) is 5.58 Å². The van der Waals surface area contributed by atoms with E-state index in [1.165, 1.54) is 6.92 Å². The summed E-state index contributed by atoms with van der Waals surface area (Å²) >= 11 is 0. The molecule has 0 saturated carbocycles. The van der Waals surface area contributed by atoms with Gasteiger partial charge < -0.3 is 9.73 Å². The zero-order valence-corrected chi connectivity index (χ0v) is 11.7. The van der Waals surface area contributed by atoms with E-state index in [-0.39, 0.29) is 11.8 Å². The van der Waals surface area contributed by atoms with Gasteiger partial charge in [0.25, 0.3) is 0 Å². The zero-order valence-electron chi connectivity index (χ0n) is 11.7. The first kappa shape index (κ1) is 13.8. The minimum atomic E-state index is -0.556. The molecule has 1 heterocycles. The molecule has 0 saturated heterocycles. The van der Waals surface area contributed by atoms with Gasteiger partial charge in [0.1, 0.15) is 10.5 Å². The van der Waals surface area contributed by atoms with E-state index in [0.717, 1.165) is 0 Å². The quantitative estimate of drug-likeness (QED) is 0.585. The van der Waals surface area contributed by atoms with E-state index in [1.54, 1.807) is 42.5 Å². The van der Waals surface area contributed by atoms with Gasteiger partial charge >= 0.3 is 5.88 Å². The van der Waals surface area contributed by atoms with Crippen LogP contribution in [0.2, 0.25) is 0 Å². The normalized spacial score (nSPS) is 10.6. The Labute approximate surface area is 125 Å². The van der Waals surface area contributed by atoms with Crippen LogP contribution in [0.1, 0.15) is 6.92 Å². The number of benzene rings is 2. The van der Waals surface area contributed by atoms with Crippen LogP contribution in [0.25, 0.3) is 22.1 Å². The highest BCUT2D eigenvalue weighted by atomic mass is 16.6. The van der Waals surface area contributed by atoms with Crippen LogP contribution in [0, 0.1) is 10.1 Å². The Morgan fingerprint density at radius 2 is 1.86 bits per heavy atom. The van der Waals surface area contributed by atoms with Crippen molar-refractivity contribution in [1.82, 2.24) is 0 Å². The van der Waals surface area contributed by atoms with Crippen molar-refractivity contribution >= 4 is 28.4 Å². The SMILES string of the molecule is CC(=O)Nc1cccc2c(-c3ccccc3)c([N+](=O)[O-])oc12. The molecule has 1 aromatic heterocycles. The molecule has 0 aliphatic carbocycles. The van der Waals surface area contributed by atoms with Crippen LogP contribution in [0.3, 0.4) is 0 Å². The van der Waals surface area contributed by atoms with Gasteiger partial charge in [-0.25, -0.2) is 0 Å². The number of furan rings is 1. The fourth-order valence-electron chi connectivity index (χ4n) is 2.41. The molecule has 3 aromatic rings. The van der Waals surface area contributed by atoms with E-state index < -0.39 is 4.92 Å². The molecule has 0 spiro atoms. The average molecular weight is 296 g/mol. The number of hydrogen-bond donors (Lipinski definition) is 1. The van der Waals surface area contributed by atoms with Gasteiger partial charge in [-0.2, -0.15) is 0 Å². The molecule has 3 rings (SSSR count). The molecule has 1 amide bonds. The van der Waals surface area contributed by atoms with Crippen molar-refractivity contribution in [2.24, 2.45) is 0 Å². The van der Waals surface area contributed by atoms with Gasteiger partial charge in [0.2, 0.25) is 5.91 Å². The van der Waals surface area contributed by atoms with Crippen LogP contribution in [0.5, 0.6) is 0 Å². The number of hydrogen-bond acceptors (Lipinski definition) is 4. The highest BCUT2D eigenvalue weighted by molar-refractivity contribution is 6.06. The largest absolute Gasteiger partial charge is 0.442 e.